The molecule has 1 aliphatic heterocycles. The van der Waals surface area contributed by atoms with Crippen molar-refractivity contribution in [3.8, 4) is 0 Å². The highest BCUT2D eigenvalue weighted by atomic mass is 16.3. The Balaban J connectivity index is 2.42. The smallest absolute Gasteiger partial charge is 0.0853 e. The zero-order valence-corrected chi connectivity index (χ0v) is 17.8. The minimum Gasteiger partial charge on any atom is -0.396 e. The van der Waals surface area contributed by atoms with Crippen LogP contribution in [0.1, 0.15) is 110 Å². The van der Waals surface area contributed by atoms with E-state index in [2.05, 4.69) is 30.1 Å². The van der Waals surface area contributed by atoms with E-state index in [1.807, 2.05) is 0 Å². The van der Waals surface area contributed by atoms with Gasteiger partial charge in [0.05, 0.1) is 12.9 Å². The van der Waals surface area contributed by atoms with Crippen molar-refractivity contribution in [1.29, 1.82) is 0 Å². The Morgan fingerprint density at radius 3 is 1.81 bits per heavy atom. The predicted molar refractivity (Wildman–Crippen MR) is 115 cm³/mol. The standard InChI is InChI=1S/C23H46N2O/c1-3-5-7-9-11-13-15-22(16-14-12-10-8-6-4-2)23(17-20-26)25-19-18-24-21-25/h21-23,26H,3-20H2,1-2H3. The molecule has 0 bridgehead atoms. The monoisotopic (exact) mass is 366 g/mol. The lowest BCUT2D eigenvalue weighted by Gasteiger charge is -2.34. The molecule has 1 heterocycles. The van der Waals surface area contributed by atoms with Crippen molar-refractivity contribution < 1.29 is 5.11 Å². The number of hydrogen-bond donors (Lipinski definition) is 1. The van der Waals surface area contributed by atoms with Crippen molar-refractivity contribution in [2.45, 2.75) is 116 Å². The molecule has 154 valence electrons. The van der Waals surface area contributed by atoms with Gasteiger partial charge in [-0.3, -0.25) is 4.99 Å². The predicted octanol–water partition coefficient (Wildman–Crippen LogP) is 6.20. The number of aliphatic hydroxyl groups excluding tert-OH is 1. The Hall–Kier alpha value is -0.570. The molecule has 0 aromatic rings. The third-order valence-corrected chi connectivity index (χ3v) is 5.97. The second-order valence-corrected chi connectivity index (χ2v) is 8.21. The molecule has 0 amide bonds. The molecule has 0 spiro atoms. The second-order valence-electron chi connectivity index (χ2n) is 8.21. The summed E-state index contributed by atoms with van der Waals surface area (Å²) in [6.45, 7) is 6.86. The third kappa shape index (κ3) is 10.5. The lowest BCUT2D eigenvalue weighted by molar-refractivity contribution is 0.164. The van der Waals surface area contributed by atoms with Gasteiger partial charge in [0.15, 0.2) is 0 Å². The van der Waals surface area contributed by atoms with Gasteiger partial charge in [0, 0.05) is 19.2 Å². The molecule has 3 nitrogen and oxygen atoms in total. The summed E-state index contributed by atoms with van der Waals surface area (Å²) in [5.74, 6) is 0.726. The SMILES string of the molecule is CCCCCCCCC(CCCCCCCC)C(CCO)N1C=NCC1. The molecule has 1 unspecified atom stereocenters. The van der Waals surface area contributed by atoms with Gasteiger partial charge in [0.25, 0.3) is 0 Å². The van der Waals surface area contributed by atoms with Crippen LogP contribution in [-0.4, -0.2) is 42.1 Å². The Kier molecular flexibility index (Phi) is 15.0. The number of unbranched alkanes of at least 4 members (excludes halogenated alkanes) is 10. The summed E-state index contributed by atoms with van der Waals surface area (Å²) < 4.78 is 0. The highest BCUT2D eigenvalue weighted by molar-refractivity contribution is 5.57. The molecule has 26 heavy (non-hydrogen) atoms. The minimum absolute atomic E-state index is 0.304. The van der Waals surface area contributed by atoms with Crippen LogP contribution in [0.25, 0.3) is 0 Å². The topological polar surface area (TPSA) is 35.8 Å². The highest BCUT2D eigenvalue weighted by Gasteiger charge is 2.26. The maximum Gasteiger partial charge on any atom is 0.0853 e. The summed E-state index contributed by atoms with van der Waals surface area (Å²) in [5.41, 5.74) is 0. The van der Waals surface area contributed by atoms with E-state index < -0.39 is 0 Å². The van der Waals surface area contributed by atoms with Crippen LogP contribution in [0.15, 0.2) is 4.99 Å². The van der Waals surface area contributed by atoms with Gasteiger partial charge in [-0.25, -0.2) is 0 Å². The lowest BCUT2D eigenvalue weighted by atomic mass is 9.85. The number of hydrogen-bond acceptors (Lipinski definition) is 3. The van der Waals surface area contributed by atoms with Crippen LogP contribution in [-0.2, 0) is 0 Å². The van der Waals surface area contributed by atoms with Crippen LogP contribution in [0.2, 0.25) is 0 Å². The van der Waals surface area contributed by atoms with Crippen LogP contribution in [0, 0.1) is 5.92 Å². The molecule has 0 saturated carbocycles. The van der Waals surface area contributed by atoms with Crippen molar-refractivity contribution in [2.75, 3.05) is 19.7 Å². The summed E-state index contributed by atoms with van der Waals surface area (Å²) in [6, 6.07) is 0.498. The fourth-order valence-electron chi connectivity index (χ4n) is 4.35. The Labute approximate surface area is 163 Å². The van der Waals surface area contributed by atoms with Crippen LogP contribution >= 0.6 is 0 Å². The van der Waals surface area contributed by atoms with E-state index in [0.29, 0.717) is 12.6 Å². The van der Waals surface area contributed by atoms with Gasteiger partial charge in [0.2, 0.25) is 0 Å². The highest BCUT2D eigenvalue weighted by Crippen LogP contribution is 2.27. The molecule has 3 heteroatoms. The zero-order chi connectivity index (χ0) is 18.9. The van der Waals surface area contributed by atoms with E-state index in [1.165, 1.54) is 89.9 Å². The lowest BCUT2D eigenvalue weighted by Crippen LogP contribution is -2.39. The first-order valence-corrected chi connectivity index (χ1v) is 11.7. The van der Waals surface area contributed by atoms with Gasteiger partial charge >= 0.3 is 0 Å². The van der Waals surface area contributed by atoms with E-state index in [9.17, 15) is 5.11 Å². The van der Waals surface area contributed by atoms with Gasteiger partial charge in [-0.15, -0.1) is 0 Å². The van der Waals surface area contributed by atoms with E-state index in [0.717, 1.165) is 25.4 Å². The third-order valence-electron chi connectivity index (χ3n) is 5.97. The van der Waals surface area contributed by atoms with Crippen molar-refractivity contribution in [3.63, 3.8) is 0 Å². The molecule has 1 rings (SSSR count). The van der Waals surface area contributed by atoms with Crippen molar-refractivity contribution in [3.05, 3.63) is 0 Å². The molecule has 0 aliphatic carbocycles. The quantitative estimate of drug-likeness (QED) is 0.293. The molecular weight excluding hydrogens is 320 g/mol. The Morgan fingerprint density at radius 2 is 1.35 bits per heavy atom. The molecule has 0 saturated heterocycles. The Bertz CT molecular complexity index is 316. The first kappa shape index (κ1) is 23.5. The van der Waals surface area contributed by atoms with Gasteiger partial charge < -0.3 is 10.0 Å². The molecule has 0 aromatic carbocycles. The largest absolute Gasteiger partial charge is 0.396 e. The molecule has 0 radical (unpaired) electrons. The number of aliphatic imine (C=N–C) groups is 1. The summed E-state index contributed by atoms with van der Waals surface area (Å²) in [5, 5.41) is 9.61. The number of aliphatic hydroxyl groups is 1. The molecule has 1 aliphatic rings. The average Bonchev–Trinajstić information content (AvgIpc) is 3.18. The normalized spacial score (nSPS) is 15.3. The summed E-state index contributed by atoms with van der Waals surface area (Å²) in [6.07, 6.45) is 22.1. The number of nitrogens with zero attached hydrogens (tertiary/aromatic N) is 2. The van der Waals surface area contributed by atoms with Gasteiger partial charge in [-0.2, -0.15) is 0 Å². The Morgan fingerprint density at radius 1 is 0.808 bits per heavy atom. The maximum atomic E-state index is 9.61. The molecule has 0 fully saturated rings. The fourth-order valence-corrected chi connectivity index (χ4v) is 4.35. The van der Waals surface area contributed by atoms with E-state index in [4.69, 9.17) is 0 Å². The zero-order valence-electron chi connectivity index (χ0n) is 17.8. The van der Waals surface area contributed by atoms with Crippen molar-refractivity contribution in [2.24, 2.45) is 10.9 Å². The summed E-state index contributed by atoms with van der Waals surface area (Å²) in [7, 11) is 0. The van der Waals surface area contributed by atoms with Crippen molar-refractivity contribution in [1.82, 2.24) is 4.90 Å². The van der Waals surface area contributed by atoms with E-state index in [1.54, 1.807) is 0 Å². The van der Waals surface area contributed by atoms with Crippen LogP contribution < -0.4 is 0 Å². The first-order valence-electron chi connectivity index (χ1n) is 11.7. The average molecular weight is 367 g/mol. The second kappa shape index (κ2) is 16.6. The molecule has 0 aromatic heterocycles. The van der Waals surface area contributed by atoms with Gasteiger partial charge in [-0.1, -0.05) is 90.9 Å². The molecular formula is C23H46N2O. The van der Waals surface area contributed by atoms with Crippen molar-refractivity contribution >= 4 is 6.34 Å². The minimum atomic E-state index is 0.304. The number of rotatable bonds is 18. The fraction of sp³-hybridized carbons (Fsp3) is 0.957. The molecule has 1 N–H and O–H groups in total. The maximum absolute atomic E-state index is 9.61. The first-order chi connectivity index (χ1) is 12.8. The van der Waals surface area contributed by atoms with Crippen LogP contribution in [0.5, 0.6) is 0 Å². The summed E-state index contributed by atoms with van der Waals surface area (Å²) >= 11 is 0. The van der Waals surface area contributed by atoms with Crippen LogP contribution in [0.3, 0.4) is 0 Å². The van der Waals surface area contributed by atoms with E-state index in [-0.39, 0.29) is 0 Å². The summed E-state index contributed by atoms with van der Waals surface area (Å²) in [4.78, 5) is 6.86. The van der Waals surface area contributed by atoms with E-state index >= 15 is 0 Å². The van der Waals surface area contributed by atoms with Gasteiger partial charge in [-0.05, 0) is 25.2 Å². The van der Waals surface area contributed by atoms with Gasteiger partial charge in [0.1, 0.15) is 0 Å². The molecule has 1 atom stereocenters. The van der Waals surface area contributed by atoms with Crippen LogP contribution in [0.4, 0.5) is 0 Å².